The largest absolute Gasteiger partial charge is 0.453 e. The van der Waals surface area contributed by atoms with Gasteiger partial charge < -0.3 is 19.7 Å². The third-order valence-electron chi connectivity index (χ3n) is 3.92. The summed E-state index contributed by atoms with van der Waals surface area (Å²) in [6.45, 7) is 6.72. The smallest absolute Gasteiger partial charge is 0.407 e. The molecule has 0 spiro atoms. The van der Waals surface area contributed by atoms with Crippen LogP contribution in [0.2, 0.25) is 0 Å². The second-order valence-electron chi connectivity index (χ2n) is 5.54. The Bertz CT molecular complexity index is 346. The average Bonchev–Trinajstić information content (AvgIpc) is 2.92. The Labute approximate surface area is 120 Å². The molecule has 0 saturated carbocycles. The summed E-state index contributed by atoms with van der Waals surface area (Å²) in [6, 6.07) is -0.486. The molecule has 0 radical (unpaired) electrons. The molecule has 1 aliphatic heterocycles. The number of methoxy groups -OCH3 is 2. The lowest BCUT2D eigenvalue weighted by Crippen LogP contribution is -2.55. The van der Waals surface area contributed by atoms with Crippen LogP contribution < -0.4 is 5.32 Å². The standard InChI is InChI=1S/C14H26N2O4/c1-9(2)11-7-6-8-16(11)13(17)12(10(3)19-4)15-14(18)20-5/h9-12H,6-8H2,1-5H3,(H,15,18)/t10-,11?,12-/m0/s1. The fourth-order valence-corrected chi connectivity index (χ4v) is 2.64. The van der Waals surface area contributed by atoms with Crippen molar-refractivity contribution in [2.75, 3.05) is 20.8 Å². The number of amides is 2. The highest BCUT2D eigenvalue weighted by Gasteiger charge is 2.37. The van der Waals surface area contributed by atoms with E-state index in [-0.39, 0.29) is 11.9 Å². The number of nitrogens with one attached hydrogen (secondary N) is 1. The molecule has 2 amide bonds. The molecule has 20 heavy (non-hydrogen) atoms. The van der Waals surface area contributed by atoms with Gasteiger partial charge in [0.25, 0.3) is 0 Å². The van der Waals surface area contributed by atoms with Gasteiger partial charge in [0.15, 0.2) is 0 Å². The second kappa shape index (κ2) is 7.47. The highest BCUT2D eigenvalue weighted by molar-refractivity contribution is 5.86. The number of carbonyl (C=O) groups excluding carboxylic acids is 2. The van der Waals surface area contributed by atoms with Gasteiger partial charge in [-0.3, -0.25) is 4.79 Å². The van der Waals surface area contributed by atoms with E-state index in [4.69, 9.17) is 4.74 Å². The van der Waals surface area contributed by atoms with Gasteiger partial charge in [0, 0.05) is 19.7 Å². The molecule has 1 aliphatic rings. The summed E-state index contributed by atoms with van der Waals surface area (Å²) in [6.07, 6.45) is 0.985. The van der Waals surface area contributed by atoms with Gasteiger partial charge in [-0.25, -0.2) is 4.79 Å². The van der Waals surface area contributed by atoms with Gasteiger partial charge in [0.05, 0.1) is 13.2 Å². The molecule has 1 fully saturated rings. The van der Waals surface area contributed by atoms with Gasteiger partial charge in [-0.05, 0) is 25.7 Å². The molecule has 1 saturated heterocycles. The SMILES string of the molecule is COC(=O)N[C@H](C(=O)N1CCCC1C(C)C)[C@H](C)OC. The fraction of sp³-hybridized carbons (Fsp3) is 0.857. The number of nitrogens with zero attached hydrogens (tertiary/aromatic N) is 1. The van der Waals surface area contributed by atoms with E-state index in [0.717, 1.165) is 19.4 Å². The molecule has 1 rings (SSSR count). The van der Waals surface area contributed by atoms with E-state index in [1.54, 1.807) is 6.92 Å². The summed E-state index contributed by atoms with van der Waals surface area (Å²) in [7, 11) is 2.80. The first-order chi connectivity index (χ1) is 9.42. The highest BCUT2D eigenvalue weighted by atomic mass is 16.5. The normalized spacial score (nSPS) is 21.7. The van der Waals surface area contributed by atoms with E-state index in [9.17, 15) is 9.59 Å². The van der Waals surface area contributed by atoms with Crippen LogP contribution in [0.3, 0.4) is 0 Å². The number of rotatable bonds is 5. The molecular formula is C14H26N2O4. The Morgan fingerprint density at radius 3 is 2.40 bits per heavy atom. The van der Waals surface area contributed by atoms with Crippen LogP contribution in [0, 0.1) is 5.92 Å². The third kappa shape index (κ3) is 3.85. The number of alkyl carbamates (subject to hydrolysis) is 1. The Hall–Kier alpha value is -1.30. The number of likely N-dealkylation sites (tertiary alicyclic amines) is 1. The minimum absolute atomic E-state index is 0.0963. The van der Waals surface area contributed by atoms with Crippen LogP contribution in [0.4, 0.5) is 4.79 Å². The Balaban J connectivity index is 2.84. The van der Waals surface area contributed by atoms with Crippen molar-refractivity contribution < 1.29 is 19.1 Å². The molecular weight excluding hydrogens is 260 g/mol. The van der Waals surface area contributed by atoms with Crippen LogP contribution in [0.25, 0.3) is 0 Å². The maximum absolute atomic E-state index is 12.7. The monoisotopic (exact) mass is 286 g/mol. The molecule has 1 unspecified atom stereocenters. The first kappa shape index (κ1) is 16.8. The van der Waals surface area contributed by atoms with Crippen molar-refractivity contribution in [2.45, 2.75) is 51.8 Å². The maximum atomic E-state index is 12.7. The molecule has 0 aromatic rings. The summed E-state index contributed by atoms with van der Waals surface area (Å²) >= 11 is 0. The van der Waals surface area contributed by atoms with E-state index in [1.165, 1.54) is 14.2 Å². The number of carbonyl (C=O) groups is 2. The zero-order valence-corrected chi connectivity index (χ0v) is 13.0. The zero-order valence-electron chi connectivity index (χ0n) is 13.0. The third-order valence-corrected chi connectivity index (χ3v) is 3.92. The van der Waals surface area contributed by atoms with Gasteiger partial charge in [-0.15, -0.1) is 0 Å². The Kier molecular flexibility index (Phi) is 6.26. The minimum atomic E-state index is -0.716. The van der Waals surface area contributed by atoms with Crippen molar-refractivity contribution in [1.82, 2.24) is 10.2 Å². The van der Waals surface area contributed by atoms with Gasteiger partial charge in [-0.2, -0.15) is 0 Å². The van der Waals surface area contributed by atoms with Crippen molar-refractivity contribution in [1.29, 1.82) is 0 Å². The van der Waals surface area contributed by atoms with Crippen LogP contribution in [-0.2, 0) is 14.3 Å². The molecule has 6 nitrogen and oxygen atoms in total. The zero-order chi connectivity index (χ0) is 15.3. The summed E-state index contributed by atoms with van der Waals surface area (Å²) in [5, 5.41) is 2.58. The summed E-state index contributed by atoms with van der Waals surface area (Å²) < 4.78 is 9.80. The Morgan fingerprint density at radius 2 is 1.90 bits per heavy atom. The van der Waals surface area contributed by atoms with Crippen LogP contribution in [0.1, 0.15) is 33.6 Å². The quantitative estimate of drug-likeness (QED) is 0.829. The molecule has 0 aliphatic carbocycles. The summed E-state index contributed by atoms with van der Waals surface area (Å²) in [5.74, 6) is 0.305. The van der Waals surface area contributed by atoms with Gasteiger partial charge >= 0.3 is 6.09 Å². The van der Waals surface area contributed by atoms with E-state index in [2.05, 4.69) is 23.9 Å². The first-order valence-electron chi connectivity index (χ1n) is 7.10. The van der Waals surface area contributed by atoms with Crippen molar-refractivity contribution in [3.05, 3.63) is 0 Å². The van der Waals surface area contributed by atoms with E-state index in [1.807, 2.05) is 4.90 Å². The highest BCUT2D eigenvalue weighted by Crippen LogP contribution is 2.25. The molecule has 0 aromatic heterocycles. The maximum Gasteiger partial charge on any atom is 0.407 e. The van der Waals surface area contributed by atoms with Gasteiger partial charge in [-0.1, -0.05) is 13.8 Å². The van der Waals surface area contributed by atoms with Crippen molar-refractivity contribution >= 4 is 12.0 Å². The van der Waals surface area contributed by atoms with Gasteiger partial charge in [0.2, 0.25) is 5.91 Å². The molecule has 0 aromatic carbocycles. The number of hydrogen-bond donors (Lipinski definition) is 1. The molecule has 116 valence electrons. The Morgan fingerprint density at radius 1 is 1.25 bits per heavy atom. The van der Waals surface area contributed by atoms with Crippen LogP contribution in [0.15, 0.2) is 0 Å². The lowest BCUT2D eigenvalue weighted by atomic mass is 10.0. The molecule has 0 bridgehead atoms. The predicted octanol–water partition coefficient (Wildman–Crippen LogP) is 1.39. The summed E-state index contributed by atoms with van der Waals surface area (Å²) in [5.41, 5.74) is 0. The number of hydrogen-bond acceptors (Lipinski definition) is 4. The fourth-order valence-electron chi connectivity index (χ4n) is 2.64. The molecule has 1 heterocycles. The van der Waals surface area contributed by atoms with Crippen LogP contribution >= 0.6 is 0 Å². The molecule has 6 heteroatoms. The topological polar surface area (TPSA) is 67.9 Å². The van der Waals surface area contributed by atoms with E-state index >= 15 is 0 Å². The lowest BCUT2D eigenvalue weighted by Gasteiger charge is -2.33. The van der Waals surface area contributed by atoms with E-state index < -0.39 is 18.2 Å². The van der Waals surface area contributed by atoms with Crippen molar-refractivity contribution in [3.8, 4) is 0 Å². The summed E-state index contributed by atoms with van der Waals surface area (Å²) in [4.78, 5) is 26.0. The van der Waals surface area contributed by atoms with Crippen molar-refractivity contribution in [2.24, 2.45) is 5.92 Å². The van der Waals surface area contributed by atoms with Crippen LogP contribution in [0.5, 0.6) is 0 Å². The lowest BCUT2D eigenvalue weighted by molar-refractivity contribution is -0.138. The molecule has 1 N–H and O–H groups in total. The number of ether oxygens (including phenoxy) is 2. The predicted molar refractivity (Wildman–Crippen MR) is 75.4 cm³/mol. The average molecular weight is 286 g/mol. The second-order valence-corrected chi connectivity index (χ2v) is 5.54. The van der Waals surface area contributed by atoms with Crippen molar-refractivity contribution in [3.63, 3.8) is 0 Å². The van der Waals surface area contributed by atoms with Crippen LogP contribution in [-0.4, -0.2) is 55.9 Å². The van der Waals surface area contributed by atoms with E-state index in [0.29, 0.717) is 5.92 Å². The van der Waals surface area contributed by atoms with Gasteiger partial charge in [0.1, 0.15) is 6.04 Å². The minimum Gasteiger partial charge on any atom is -0.453 e. The molecule has 3 atom stereocenters. The first-order valence-corrected chi connectivity index (χ1v) is 7.10.